The molecule has 0 spiro atoms. The van der Waals surface area contributed by atoms with E-state index in [9.17, 15) is 0 Å². The number of nitrogens with zero attached hydrogens (tertiary/aromatic N) is 2. The van der Waals surface area contributed by atoms with Crippen LogP contribution in [0.4, 0.5) is 0 Å². The fourth-order valence-corrected chi connectivity index (χ4v) is 1.91. The average molecular weight is 237 g/mol. The Kier molecular flexibility index (Phi) is 6.08. The van der Waals surface area contributed by atoms with Crippen LogP contribution in [0, 0.1) is 13.8 Å². The van der Waals surface area contributed by atoms with Crippen molar-refractivity contribution in [3.63, 3.8) is 0 Å². The van der Waals surface area contributed by atoms with Crippen LogP contribution in [0.2, 0.25) is 0 Å². The normalized spacial score (nSPS) is 10.8. The van der Waals surface area contributed by atoms with E-state index in [1.165, 1.54) is 5.56 Å². The fourth-order valence-electron chi connectivity index (χ4n) is 1.91. The number of nitrogens with one attached hydrogen (secondary N) is 1. The summed E-state index contributed by atoms with van der Waals surface area (Å²) in [4.78, 5) is 9.13. The third-order valence-electron chi connectivity index (χ3n) is 2.84. The third-order valence-corrected chi connectivity index (χ3v) is 2.84. The summed E-state index contributed by atoms with van der Waals surface area (Å²) in [6.45, 7) is 5.87. The van der Waals surface area contributed by atoms with Crippen LogP contribution >= 0.6 is 0 Å². The first-order valence-electron chi connectivity index (χ1n) is 6.15. The largest absolute Gasteiger partial charge is 0.385 e. The van der Waals surface area contributed by atoms with E-state index in [4.69, 9.17) is 4.74 Å². The molecule has 0 saturated heterocycles. The van der Waals surface area contributed by atoms with Gasteiger partial charge >= 0.3 is 0 Å². The second-order valence-corrected chi connectivity index (χ2v) is 4.24. The average Bonchev–Trinajstić information content (AvgIpc) is 2.28. The zero-order chi connectivity index (χ0) is 12.7. The minimum absolute atomic E-state index is 0.767. The molecule has 0 bridgehead atoms. The molecule has 0 unspecified atom stereocenters. The van der Waals surface area contributed by atoms with Gasteiger partial charge in [-0.15, -0.1) is 0 Å². The summed E-state index contributed by atoms with van der Waals surface area (Å²) in [6.07, 6.45) is 2.86. The number of ether oxygens (including phenoxy) is 1. The molecule has 1 N–H and O–H groups in total. The lowest BCUT2D eigenvalue weighted by Crippen LogP contribution is -2.14. The SMILES string of the molecule is CNCCc1c(C)nc(CCCOC)nc1C. The highest BCUT2D eigenvalue weighted by Crippen LogP contribution is 2.11. The highest BCUT2D eigenvalue weighted by Gasteiger charge is 2.07. The van der Waals surface area contributed by atoms with E-state index in [1.54, 1.807) is 7.11 Å². The summed E-state index contributed by atoms with van der Waals surface area (Å²) in [5.41, 5.74) is 3.50. The highest BCUT2D eigenvalue weighted by atomic mass is 16.5. The van der Waals surface area contributed by atoms with Crippen molar-refractivity contribution in [3.05, 3.63) is 22.8 Å². The Balaban J connectivity index is 2.71. The number of hydrogen-bond donors (Lipinski definition) is 1. The number of likely N-dealkylation sites (N-methyl/N-ethyl adjacent to an activating group) is 1. The molecule has 0 aliphatic rings. The summed E-state index contributed by atoms with van der Waals surface area (Å²) in [7, 11) is 3.68. The molecule has 1 aromatic rings. The number of methoxy groups -OCH3 is 1. The summed E-state index contributed by atoms with van der Waals surface area (Å²) in [6, 6.07) is 0. The molecule has 0 aliphatic carbocycles. The molecule has 1 heterocycles. The maximum Gasteiger partial charge on any atom is 0.128 e. The number of aromatic nitrogens is 2. The topological polar surface area (TPSA) is 47.0 Å². The van der Waals surface area contributed by atoms with Gasteiger partial charge in [-0.2, -0.15) is 0 Å². The van der Waals surface area contributed by atoms with Crippen LogP contribution in [0.1, 0.15) is 29.2 Å². The molecule has 0 aliphatic heterocycles. The van der Waals surface area contributed by atoms with Crippen LogP contribution in [0.3, 0.4) is 0 Å². The minimum atomic E-state index is 0.767. The van der Waals surface area contributed by atoms with Gasteiger partial charge in [-0.3, -0.25) is 0 Å². The first kappa shape index (κ1) is 14.1. The molecule has 0 saturated carbocycles. The second kappa shape index (κ2) is 7.35. The maximum atomic E-state index is 5.04. The van der Waals surface area contributed by atoms with Crippen molar-refractivity contribution in [1.82, 2.24) is 15.3 Å². The first-order valence-corrected chi connectivity index (χ1v) is 6.15. The Bertz CT molecular complexity index is 330. The molecule has 0 fully saturated rings. The van der Waals surface area contributed by atoms with E-state index >= 15 is 0 Å². The zero-order valence-electron chi connectivity index (χ0n) is 11.3. The number of aryl methyl sites for hydroxylation is 3. The van der Waals surface area contributed by atoms with E-state index in [1.807, 2.05) is 7.05 Å². The minimum Gasteiger partial charge on any atom is -0.385 e. The standard InChI is InChI=1S/C13H23N3O/c1-10-12(7-8-14-3)11(2)16-13(15-10)6-5-9-17-4/h14H,5-9H2,1-4H3. The quantitative estimate of drug-likeness (QED) is 0.729. The van der Waals surface area contributed by atoms with E-state index in [-0.39, 0.29) is 0 Å². The first-order chi connectivity index (χ1) is 8.19. The van der Waals surface area contributed by atoms with Crippen LogP contribution in [-0.2, 0) is 17.6 Å². The molecular formula is C13H23N3O. The lowest BCUT2D eigenvalue weighted by molar-refractivity contribution is 0.194. The van der Waals surface area contributed by atoms with Gasteiger partial charge in [-0.1, -0.05) is 0 Å². The van der Waals surface area contributed by atoms with Crippen molar-refractivity contribution in [1.29, 1.82) is 0 Å². The van der Waals surface area contributed by atoms with Gasteiger partial charge in [-0.05, 0) is 45.8 Å². The van der Waals surface area contributed by atoms with Gasteiger partial charge in [0.05, 0.1) is 0 Å². The van der Waals surface area contributed by atoms with Crippen molar-refractivity contribution >= 4 is 0 Å². The van der Waals surface area contributed by atoms with Crippen LogP contribution in [0.25, 0.3) is 0 Å². The van der Waals surface area contributed by atoms with Crippen molar-refractivity contribution in [2.45, 2.75) is 33.1 Å². The van der Waals surface area contributed by atoms with E-state index < -0.39 is 0 Å². The molecule has 4 nitrogen and oxygen atoms in total. The van der Waals surface area contributed by atoms with Crippen molar-refractivity contribution in [2.75, 3.05) is 27.3 Å². The van der Waals surface area contributed by atoms with Crippen LogP contribution in [0.15, 0.2) is 0 Å². The maximum absolute atomic E-state index is 5.04. The number of hydrogen-bond acceptors (Lipinski definition) is 4. The summed E-state index contributed by atoms with van der Waals surface area (Å²) in [5.74, 6) is 0.935. The predicted octanol–water partition coefficient (Wildman–Crippen LogP) is 1.43. The van der Waals surface area contributed by atoms with Crippen molar-refractivity contribution in [3.8, 4) is 0 Å². The predicted molar refractivity (Wildman–Crippen MR) is 69.3 cm³/mol. The monoisotopic (exact) mass is 237 g/mol. The van der Waals surface area contributed by atoms with E-state index in [2.05, 4.69) is 29.1 Å². The van der Waals surface area contributed by atoms with Gasteiger partial charge in [0.25, 0.3) is 0 Å². The Morgan fingerprint density at radius 2 is 1.76 bits per heavy atom. The molecule has 0 amide bonds. The molecule has 1 rings (SSSR count). The Hall–Kier alpha value is -1.00. The van der Waals surface area contributed by atoms with Gasteiger partial charge < -0.3 is 10.1 Å². The molecule has 0 aromatic carbocycles. The summed E-state index contributed by atoms with van der Waals surface area (Å²) in [5, 5.41) is 3.16. The third kappa shape index (κ3) is 4.40. The Morgan fingerprint density at radius 1 is 1.12 bits per heavy atom. The van der Waals surface area contributed by atoms with Crippen molar-refractivity contribution < 1.29 is 4.74 Å². The molecule has 4 heteroatoms. The van der Waals surface area contributed by atoms with Gasteiger partial charge in [0.2, 0.25) is 0 Å². The molecular weight excluding hydrogens is 214 g/mol. The smallest absolute Gasteiger partial charge is 0.128 e. The Morgan fingerprint density at radius 3 is 2.29 bits per heavy atom. The van der Waals surface area contributed by atoms with E-state index in [0.29, 0.717) is 0 Å². The van der Waals surface area contributed by atoms with Crippen LogP contribution in [0.5, 0.6) is 0 Å². The summed E-state index contributed by atoms with van der Waals surface area (Å²) >= 11 is 0. The van der Waals surface area contributed by atoms with Gasteiger partial charge in [0.1, 0.15) is 5.82 Å². The molecule has 0 radical (unpaired) electrons. The lowest BCUT2D eigenvalue weighted by atomic mass is 10.1. The molecule has 0 atom stereocenters. The van der Waals surface area contributed by atoms with Gasteiger partial charge in [0, 0.05) is 31.5 Å². The summed E-state index contributed by atoms with van der Waals surface area (Å²) < 4.78 is 5.04. The molecule has 17 heavy (non-hydrogen) atoms. The van der Waals surface area contributed by atoms with Crippen LogP contribution in [-0.4, -0.2) is 37.3 Å². The molecule has 1 aromatic heterocycles. The highest BCUT2D eigenvalue weighted by molar-refractivity contribution is 5.24. The zero-order valence-corrected chi connectivity index (χ0v) is 11.3. The van der Waals surface area contributed by atoms with Gasteiger partial charge in [-0.25, -0.2) is 9.97 Å². The lowest BCUT2D eigenvalue weighted by Gasteiger charge is -2.10. The van der Waals surface area contributed by atoms with Crippen LogP contribution < -0.4 is 5.32 Å². The Labute approximate surface area is 104 Å². The fraction of sp³-hybridized carbons (Fsp3) is 0.692. The number of rotatable bonds is 7. The second-order valence-electron chi connectivity index (χ2n) is 4.24. The van der Waals surface area contributed by atoms with E-state index in [0.717, 1.165) is 49.6 Å². The van der Waals surface area contributed by atoms with Gasteiger partial charge in [0.15, 0.2) is 0 Å². The van der Waals surface area contributed by atoms with Crippen molar-refractivity contribution in [2.24, 2.45) is 0 Å². The molecule has 96 valence electrons.